The van der Waals surface area contributed by atoms with Crippen molar-refractivity contribution in [2.24, 2.45) is 0 Å². The largest absolute Gasteiger partial charge is 0.497 e. The number of aryl methyl sites for hydroxylation is 1. The van der Waals surface area contributed by atoms with Gasteiger partial charge >= 0.3 is 13.2 Å². The van der Waals surface area contributed by atoms with Crippen LogP contribution < -0.4 is 5.46 Å². The number of rotatable bonds is 4. The van der Waals surface area contributed by atoms with Crippen molar-refractivity contribution in [2.45, 2.75) is 65.6 Å². The van der Waals surface area contributed by atoms with E-state index in [1.807, 2.05) is 53.7 Å². The number of carbonyl (C=O) groups excluding carboxylic acids is 1. The van der Waals surface area contributed by atoms with Gasteiger partial charge in [-0.05, 0) is 46.6 Å². The van der Waals surface area contributed by atoms with Gasteiger partial charge in [0.1, 0.15) is 6.07 Å². The quantitative estimate of drug-likeness (QED) is 0.592. The molecular weight excluding hydrogens is 355 g/mol. The van der Waals surface area contributed by atoms with Gasteiger partial charge in [0.05, 0.1) is 28.9 Å². The molecule has 3 rings (SSSR count). The van der Waals surface area contributed by atoms with Crippen LogP contribution in [0.2, 0.25) is 0 Å². The molecule has 1 fully saturated rings. The van der Waals surface area contributed by atoms with E-state index in [1.54, 1.807) is 6.20 Å². The Balaban J connectivity index is 2.13. The lowest BCUT2D eigenvalue weighted by atomic mass is 9.78. The maximum absolute atomic E-state index is 12.7. The van der Waals surface area contributed by atoms with Gasteiger partial charge in [-0.3, -0.25) is 4.57 Å². The molecule has 2 heterocycles. The summed E-state index contributed by atoms with van der Waals surface area (Å²) in [6, 6.07) is 6.01. The Morgan fingerprint density at radius 3 is 2.46 bits per heavy atom. The van der Waals surface area contributed by atoms with Crippen molar-refractivity contribution in [2.75, 3.05) is 6.61 Å². The summed E-state index contributed by atoms with van der Waals surface area (Å²) in [4.78, 5) is 12.7. The molecule has 0 saturated carbocycles. The van der Waals surface area contributed by atoms with Crippen LogP contribution in [0.25, 0.3) is 10.9 Å². The molecule has 148 valence electrons. The second-order valence-corrected chi connectivity index (χ2v) is 8.28. The van der Waals surface area contributed by atoms with Crippen LogP contribution in [0.3, 0.4) is 0 Å². The first-order chi connectivity index (χ1) is 13.1. The van der Waals surface area contributed by atoms with Crippen LogP contribution in [0.4, 0.5) is 4.79 Å². The van der Waals surface area contributed by atoms with Gasteiger partial charge in [-0.15, -0.1) is 0 Å². The number of carbonyl (C=O) groups is 1. The van der Waals surface area contributed by atoms with E-state index >= 15 is 0 Å². The summed E-state index contributed by atoms with van der Waals surface area (Å²) < 4.78 is 19.2. The zero-order chi connectivity index (χ0) is 20.7. The average Bonchev–Trinajstić information content (AvgIpc) is 3.09. The second kappa shape index (κ2) is 7.27. The van der Waals surface area contributed by atoms with E-state index in [9.17, 15) is 10.1 Å². The topological polar surface area (TPSA) is 73.5 Å². The van der Waals surface area contributed by atoms with Gasteiger partial charge in [-0.25, -0.2) is 4.79 Å². The Morgan fingerprint density at radius 1 is 1.25 bits per heavy atom. The van der Waals surface area contributed by atoms with E-state index in [0.717, 1.165) is 29.3 Å². The SMILES string of the molecule is CCCCOC(=O)n1cc(B2OC(C)(C)C(C)(C)O2)c2ccc(C)c(C#N)c21. The molecule has 0 unspecified atom stereocenters. The summed E-state index contributed by atoms with van der Waals surface area (Å²) in [6.45, 7) is 12.2. The molecule has 0 radical (unpaired) electrons. The molecule has 0 spiro atoms. The maximum Gasteiger partial charge on any atom is 0.497 e. The molecule has 0 N–H and O–H groups in total. The van der Waals surface area contributed by atoms with Crippen LogP contribution in [0, 0.1) is 18.3 Å². The number of nitriles is 1. The van der Waals surface area contributed by atoms with Crippen LogP contribution >= 0.6 is 0 Å². The summed E-state index contributed by atoms with van der Waals surface area (Å²) in [7, 11) is -0.633. The highest BCUT2D eigenvalue weighted by molar-refractivity contribution is 6.65. The number of hydrogen-bond acceptors (Lipinski definition) is 5. The van der Waals surface area contributed by atoms with Crippen molar-refractivity contribution in [3.63, 3.8) is 0 Å². The van der Waals surface area contributed by atoms with E-state index in [2.05, 4.69) is 6.07 Å². The first-order valence-electron chi connectivity index (χ1n) is 9.70. The molecule has 2 aromatic rings. The minimum absolute atomic E-state index is 0.342. The molecule has 7 heteroatoms. The van der Waals surface area contributed by atoms with Crippen molar-refractivity contribution in [1.82, 2.24) is 4.57 Å². The fourth-order valence-corrected chi connectivity index (χ4v) is 3.26. The lowest BCUT2D eigenvalue weighted by Crippen LogP contribution is -2.41. The molecule has 28 heavy (non-hydrogen) atoms. The van der Waals surface area contributed by atoms with E-state index in [0.29, 0.717) is 17.7 Å². The normalized spacial score (nSPS) is 17.7. The highest BCUT2D eigenvalue weighted by atomic mass is 16.7. The minimum Gasteiger partial charge on any atom is -0.449 e. The summed E-state index contributed by atoms with van der Waals surface area (Å²) in [6.07, 6.45) is 2.91. The van der Waals surface area contributed by atoms with Gasteiger partial charge in [0.25, 0.3) is 0 Å². The van der Waals surface area contributed by atoms with E-state index in [1.165, 1.54) is 4.57 Å². The van der Waals surface area contributed by atoms with Gasteiger partial charge in [0, 0.05) is 17.0 Å². The fourth-order valence-electron chi connectivity index (χ4n) is 3.26. The van der Waals surface area contributed by atoms with Gasteiger partial charge in [0.2, 0.25) is 0 Å². The molecule has 6 nitrogen and oxygen atoms in total. The van der Waals surface area contributed by atoms with Crippen molar-refractivity contribution >= 4 is 29.6 Å². The number of ether oxygens (including phenoxy) is 1. The molecule has 1 aliphatic heterocycles. The minimum atomic E-state index is -0.633. The van der Waals surface area contributed by atoms with Crippen LogP contribution in [0.15, 0.2) is 18.3 Å². The third-order valence-corrected chi connectivity index (χ3v) is 5.75. The van der Waals surface area contributed by atoms with E-state index < -0.39 is 24.4 Å². The average molecular weight is 382 g/mol. The van der Waals surface area contributed by atoms with Crippen molar-refractivity contribution in [3.8, 4) is 6.07 Å². The Kier molecular flexibility index (Phi) is 5.31. The number of nitrogens with zero attached hydrogens (tertiary/aromatic N) is 2. The number of aromatic nitrogens is 1. The molecule has 0 bridgehead atoms. The van der Waals surface area contributed by atoms with E-state index in [-0.39, 0.29) is 0 Å². The Labute approximate surface area is 166 Å². The molecule has 1 saturated heterocycles. The summed E-state index contributed by atoms with van der Waals surface area (Å²) in [5.41, 5.74) is 1.50. The lowest BCUT2D eigenvalue weighted by molar-refractivity contribution is 0.00578. The summed E-state index contributed by atoms with van der Waals surface area (Å²) >= 11 is 0. The number of benzene rings is 1. The zero-order valence-electron chi connectivity index (χ0n) is 17.5. The molecule has 0 amide bonds. The first kappa shape index (κ1) is 20.4. The second-order valence-electron chi connectivity index (χ2n) is 8.28. The highest BCUT2D eigenvalue weighted by Gasteiger charge is 2.52. The monoisotopic (exact) mass is 382 g/mol. The fraction of sp³-hybridized carbons (Fsp3) is 0.524. The third-order valence-electron chi connectivity index (χ3n) is 5.75. The van der Waals surface area contributed by atoms with Crippen LogP contribution in [-0.2, 0) is 14.0 Å². The van der Waals surface area contributed by atoms with Crippen molar-refractivity contribution in [3.05, 3.63) is 29.5 Å². The number of hydrogen-bond donors (Lipinski definition) is 0. The molecular formula is C21H27BN2O4. The smallest absolute Gasteiger partial charge is 0.449 e. The Bertz CT molecular complexity index is 939. The van der Waals surface area contributed by atoms with Crippen molar-refractivity contribution in [1.29, 1.82) is 5.26 Å². The summed E-state index contributed by atoms with van der Waals surface area (Å²) in [5.74, 6) is 0. The molecule has 0 atom stereocenters. The predicted molar refractivity (Wildman–Crippen MR) is 109 cm³/mol. The van der Waals surface area contributed by atoms with Gasteiger partial charge in [-0.2, -0.15) is 5.26 Å². The van der Waals surface area contributed by atoms with Gasteiger partial charge in [0.15, 0.2) is 0 Å². The molecule has 1 aliphatic rings. The van der Waals surface area contributed by atoms with Crippen LogP contribution in [-0.4, -0.2) is 35.6 Å². The van der Waals surface area contributed by atoms with Crippen LogP contribution in [0.1, 0.15) is 58.6 Å². The number of unbranched alkanes of at least 4 members (excludes halogenated alkanes) is 1. The standard InChI is InChI=1S/C21H27BN2O4/c1-7-8-11-26-19(25)24-13-17(22-27-20(3,4)21(5,6)28-22)15-10-9-14(2)16(12-23)18(15)24/h9-10,13H,7-8,11H2,1-6H3. The van der Waals surface area contributed by atoms with Crippen LogP contribution in [0.5, 0.6) is 0 Å². The zero-order valence-corrected chi connectivity index (χ0v) is 17.5. The summed E-state index contributed by atoms with van der Waals surface area (Å²) in [5, 5.41) is 10.5. The predicted octanol–water partition coefficient (Wildman–Crippen LogP) is 3.91. The van der Waals surface area contributed by atoms with Gasteiger partial charge in [-0.1, -0.05) is 25.5 Å². The van der Waals surface area contributed by atoms with E-state index in [4.69, 9.17) is 14.0 Å². The Hall–Kier alpha value is -2.30. The Morgan fingerprint density at radius 2 is 1.89 bits per heavy atom. The maximum atomic E-state index is 12.7. The number of fused-ring (bicyclic) bond motifs is 1. The highest BCUT2D eigenvalue weighted by Crippen LogP contribution is 2.37. The van der Waals surface area contributed by atoms with Gasteiger partial charge < -0.3 is 14.0 Å². The molecule has 1 aromatic carbocycles. The van der Waals surface area contributed by atoms with Crippen molar-refractivity contribution < 1.29 is 18.8 Å². The first-order valence-corrected chi connectivity index (χ1v) is 9.70. The third kappa shape index (κ3) is 3.32. The lowest BCUT2D eigenvalue weighted by Gasteiger charge is -2.32. The molecule has 1 aromatic heterocycles. The molecule has 0 aliphatic carbocycles.